The first kappa shape index (κ1) is 10.1. The molecule has 1 aliphatic carbocycles. The maximum absolute atomic E-state index is 2.43. The third kappa shape index (κ3) is 2.50. The van der Waals surface area contributed by atoms with E-state index in [9.17, 15) is 0 Å². The van der Waals surface area contributed by atoms with Crippen LogP contribution in [0.3, 0.4) is 0 Å². The Kier molecular flexibility index (Phi) is 4.11. The Morgan fingerprint density at radius 2 is 1.67 bits per heavy atom. The summed E-state index contributed by atoms with van der Waals surface area (Å²) in [4.78, 5) is 0. The molecule has 72 valence electrons. The highest BCUT2D eigenvalue weighted by Crippen LogP contribution is 2.35. The highest BCUT2D eigenvalue weighted by Gasteiger charge is 2.23. The zero-order chi connectivity index (χ0) is 8.97. The molecule has 0 spiro atoms. The van der Waals surface area contributed by atoms with E-state index < -0.39 is 0 Å². The second-order valence-corrected chi connectivity index (χ2v) is 4.61. The van der Waals surface area contributed by atoms with Gasteiger partial charge in [-0.1, -0.05) is 52.9 Å². The van der Waals surface area contributed by atoms with E-state index in [4.69, 9.17) is 0 Å². The number of rotatable bonds is 2. The maximum Gasteiger partial charge on any atom is -0.0386 e. The predicted molar refractivity (Wildman–Crippen MR) is 55.2 cm³/mol. The lowest BCUT2D eigenvalue weighted by molar-refractivity contribution is 0.277. The van der Waals surface area contributed by atoms with Gasteiger partial charge in [0.15, 0.2) is 0 Å². The van der Waals surface area contributed by atoms with Gasteiger partial charge in [0.1, 0.15) is 0 Å². The normalized spacial score (nSPS) is 37.8. The minimum atomic E-state index is 0.992. The smallest absolute Gasteiger partial charge is 0.0386 e. The first-order chi connectivity index (χ1) is 5.77. The molecule has 0 radical (unpaired) electrons. The second kappa shape index (κ2) is 4.89. The highest BCUT2D eigenvalue weighted by molar-refractivity contribution is 4.74. The quantitative estimate of drug-likeness (QED) is 0.541. The first-order valence-electron chi connectivity index (χ1n) is 5.77. The molecule has 0 nitrogen and oxygen atoms in total. The van der Waals surface area contributed by atoms with Crippen molar-refractivity contribution in [3.05, 3.63) is 0 Å². The van der Waals surface area contributed by atoms with E-state index in [1.54, 1.807) is 0 Å². The molecule has 1 aliphatic rings. The van der Waals surface area contributed by atoms with Crippen molar-refractivity contribution in [3.8, 4) is 0 Å². The van der Waals surface area contributed by atoms with Gasteiger partial charge in [0.25, 0.3) is 0 Å². The van der Waals surface area contributed by atoms with Crippen LogP contribution in [0.5, 0.6) is 0 Å². The molecule has 3 unspecified atom stereocenters. The van der Waals surface area contributed by atoms with E-state index >= 15 is 0 Å². The number of hydrogen-bond donors (Lipinski definition) is 0. The van der Waals surface area contributed by atoms with E-state index in [-0.39, 0.29) is 0 Å². The summed E-state index contributed by atoms with van der Waals surface area (Å²) >= 11 is 0. The molecule has 12 heavy (non-hydrogen) atoms. The Morgan fingerprint density at radius 3 is 2.25 bits per heavy atom. The zero-order valence-corrected chi connectivity index (χ0v) is 8.97. The van der Waals surface area contributed by atoms with Crippen LogP contribution in [-0.4, -0.2) is 0 Å². The van der Waals surface area contributed by atoms with Gasteiger partial charge in [0, 0.05) is 0 Å². The molecule has 1 saturated carbocycles. The molecule has 0 bridgehead atoms. The fourth-order valence-corrected chi connectivity index (χ4v) is 2.83. The largest absolute Gasteiger partial charge is 0.0651 e. The molecule has 0 amide bonds. The van der Waals surface area contributed by atoms with Crippen molar-refractivity contribution in [2.75, 3.05) is 0 Å². The van der Waals surface area contributed by atoms with Gasteiger partial charge in [-0.25, -0.2) is 0 Å². The topological polar surface area (TPSA) is 0 Å². The molecule has 0 aliphatic heterocycles. The van der Waals surface area contributed by atoms with Gasteiger partial charge in [-0.15, -0.1) is 0 Å². The molecule has 1 rings (SSSR count). The van der Waals surface area contributed by atoms with Crippen LogP contribution in [-0.2, 0) is 0 Å². The van der Waals surface area contributed by atoms with E-state index in [1.807, 2.05) is 0 Å². The summed E-state index contributed by atoms with van der Waals surface area (Å²) < 4.78 is 0. The lowest BCUT2D eigenvalue weighted by Crippen LogP contribution is -2.13. The molecule has 0 saturated heterocycles. The summed E-state index contributed by atoms with van der Waals surface area (Å²) in [6.45, 7) is 7.16. The Labute approximate surface area is 77.7 Å². The van der Waals surface area contributed by atoms with Crippen LogP contribution in [0.15, 0.2) is 0 Å². The van der Waals surface area contributed by atoms with Crippen molar-refractivity contribution < 1.29 is 0 Å². The molecule has 0 aromatic heterocycles. The van der Waals surface area contributed by atoms with E-state index in [1.165, 1.54) is 38.5 Å². The fourth-order valence-electron chi connectivity index (χ4n) is 2.83. The molecule has 0 heterocycles. The standard InChI is InChI=1S/C12H24/c1-4-11-8-6-7-10(3)9-12(11)5-2/h10-12H,4-9H2,1-3H3. The molecule has 0 heteroatoms. The van der Waals surface area contributed by atoms with Crippen molar-refractivity contribution in [1.29, 1.82) is 0 Å². The molecule has 0 aromatic rings. The van der Waals surface area contributed by atoms with E-state index in [0.717, 1.165) is 17.8 Å². The Bertz CT molecular complexity index is 117. The average molecular weight is 168 g/mol. The van der Waals surface area contributed by atoms with Crippen molar-refractivity contribution >= 4 is 0 Å². The molecule has 1 fully saturated rings. The van der Waals surface area contributed by atoms with Crippen LogP contribution >= 0.6 is 0 Å². The average Bonchev–Trinajstić information content (AvgIpc) is 2.26. The van der Waals surface area contributed by atoms with E-state index in [0.29, 0.717) is 0 Å². The van der Waals surface area contributed by atoms with Crippen molar-refractivity contribution in [1.82, 2.24) is 0 Å². The third-order valence-corrected chi connectivity index (χ3v) is 3.69. The monoisotopic (exact) mass is 168 g/mol. The van der Waals surface area contributed by atoms with Crippen molar-refractivity contribution in [2.24, 2.45) is 17.8 Å². The summed E-state index contributed by atoms with van der Waals surface area (Å²) in [6.07, 6.45) is 8.77. The molecule has 0 aromatic carbocycles. The summed E-state index contributed by atoms with van der Waals surface area (Å²) in [7, 11) is 0. The van der Waals surface area contributed by atoms with Crippen molar-refractivity contribution in [2.45, 2.75) is 59.3 Å². The summed E-state index contributed by atoms with van der Waals surface area (Å²) in [6, 6.07) is 0. The van der Waals surface area contributed by atoms with Gasteiger partial charge < -0.3 is 0 Å². The van der Waals surface area contributed by atoms with Gasteiger partial charge >= 0.3 is 0 Å². The molecule has 3 atom stereocenters. The van der Waals surface area contributed by atoms with Crippen LogP contribution < -0.4 is 0 Å². The Balaban J connectivity index is 2.49. The van der Waals surface area contributed by atoms with Gasteiger partial charge in [-0.05, 0) is 24.2 Å². The van der Waals surface area contributed by atoms with Gasteiger partial charge in [-0.3, -0.25) is 0 Å². The van der Waals surface area contributed by atoms with Crippen LogP contribution in [0.2, 0.25) is 0 Å². The predicted octanol–water partition coefficient (Wildman–Crippen LogP) is 4.25. The molecular weight excluding hydrogens is 144 g/mol. The lowest BCUT2D eigenvalue weighted by atomic mass is 9.83. The highest BCUT2D eigenvalue weighted by atomic mass is 14.3. The van der Waals surface area contributed by atoms with Crippen LogP contribution in [0, 0.1) is 17.8 Å². The number of hydrogen-bond acceptors (Lipinski definition) is 0. The van der Waals surface area contributed by atoms with E-state index in [2.05, 4.69) is 20.8 Å². The van der Waals surface area contributed by atoms with Crippen LogP contribution in [0.4, 0.5) is 0 Å². The minimum absolute atomic E-state index is 0.992. The van der Waals surface area contributed by atoms with Gasteiger partial charge in [0.05, 0.1) is 0 Å². The van der Waals surface area contributed by atoms with Crippen molar-refractivity contribution in [3.63, 3.8) is 0 Å². The molecule has 0 N–H and O–H groups in total. The summed E-state index contributed by atoms with van der Waals surface area (Å²) in [5.74, 6) is 3.07. The third-order valence-electron chi connectivity index (χ3n) is 3.69. The Morgan fingerprint density at radius 1 is 1.00 bits per heavy atom. The summed E-state index contributed by atoms with van der Waals surface area (Å²) in [5, 5.41) is 0. The lowest BCUT2D eigenvalue weighted by Gasteiger charge is -2.23. The molecular formula is C12H24. The van der Waals surface area contributed by atoms with Crippen LogP contribution in [0.1, 0.15) is 59.3 Å². The SMILES string of the molecule is CCC1CCCC(C)CC1CC. The maximum atomic E-state index is 2.43. The second-order valence-electron chi connectivity index (χ2n) is 4.61. The van der Waals surface area contributed by atoms with Crippen LogP contribution in [0.25, 0.3) is 0 Å². The first-order valence-corrected chi connectivity index (χ1v) is 5.77. The summed E-state index contributed by atoms with van der Waals surface area (Å²) in [5.41, 5.74) is 0. The zero-order valence-electron chi connectivity index (χ0n) is 8.97. The Hall–Kier alpha value is 0. The van der Waals surface area contributed by atoms with Gasteiger partial charge in [-0.2, -0.15) is 0 Å². The van der Waals surface area contributed by atoms with Gasteiger partial charge in [0.2, 0.25) is 0 Å². The fraction of sp³-hybridized carbons (Fsp3) is 1.00. The minimum Gasteiger partial charge on any atom is -0.0651 e.